The first kappa shape index (κ1) is 20.9. The fourth-order valence-electron chi connectivity index (χ4n) is 3.18. The summed E-state index contributed by atoms with van der Waals surface area (Å²) >= 11 is 0. The molecule has 1 heterocycles. The van der Waals surface area contributed by atoms with Crippen LogP contribution >= 0.6 is 0 Å². The molecule has 160 valence electrons. The number of amides is 1. The van der Waals surface area contributed by atoms with Crippen LogP contribution in [0.15, 0.2) is 83.4 Å². The van der Waals surface area contributed by atoms with Gasteiger partial charge in [-0.15, -0.1) is 0 Å². The van der Waals surface area contributed by atoms with Gasteiger partial charge in [0.25, 0.3) is 5.91 Å². The Morgan fingerprint density at radius 3 is 2.47 bits per heavy atom. The number of nitrogens with one attached hydrogen (secondary N) is 1. The van der Waals surface area contributed by atoms with E-state index in [1.807, 2.05) is 30.3 Å². The van der Waals surface area contributed by atoms with E-state index in [1.54, 1.807) is 55.8 Å². The highest BCUT2D eigenvalue weighted by atomic mass is 16.5. The third-order valence-corrected chi connectivity index (χ3v) is 4.83. The summed E-state index contributed by atoms with van der Waals surface area (Å²) < 4.78 is 15.9. The minimum absolute atomic E-state index is 0.326. The molecule has 0 unspecified atom stereocenters. The van der Waals surface area contributed by atoms with Gasteiger partial charge in [-0.25, -0.2) is 9.78 Å². The number of ether oxygens (including phenoxy) is 2. The minimum atomic E-state index is -0.441. The topological polar surface area (TPSA) is 90.7 Å². The summed E-state index contributed by atoms with van der Waals surface area (Å²) in [6.45, 7) is 0. The van der Waals surface area contributed by atoms with Gasteiger partial charge in [-0.05, 0) is 48.5 Å². The van der Waals surface area contributed by atoms with Gasteiger partial charge in [0.05, 0.1) is 31.5 Å². The lowest BCUT2D eigenvalue weighted by atomic mass is 10.1. The van der Waals surface area contributed by atoms with Crippen molar-refractivity contribution in [2.75, 3.05) is 19.5 Å². The molecule has 3 aromatic carbocycles. The molecular weight excluding hydrogens is 408 g/mol. The maximum atomic E-state index is 13.0. The van der Waals surface area contributed by atoms with E-state index in [0.717, 1.165) is 5.56 Å². The van der Waals surface area contributed by atoms with Gasteiger partial charge in [0.15, 0.2) is 5.76 Å². The lowest BCUT2D eigenvalue weighted by Gasteiger charge is -2.09. The number of esters is 1. The predicted molar refractivity (Wildman–Crippen MR) is 120 cm³/mol. The van der Waals surface area contributed by atoms with Crippen LogP contribution in [0.3, 0.4) is 0 Å². The molecular formula is C25H20N2O5. The highest BCUT2D eigenvalue weighted by Gasteiger charge is 2.17. The number of anilines is 1. The Morgan fingerprint density at radius 2 is 1.72 bits per heavy atom. The van der Waals surface area contributed by atoms with Gasteiger partial charge in [0.2, 0.25) is 5.89 Å². The number of hydrogen-bond donors (Lipinski definition) is 1. The zero-order valence-electron chi connectivity index (χ0n) is 17.5. The molecule has 0 fully saturated rings. The zero-order valence-corrected chi connectivity index (χ0v) is 17.5. The van der Waals surface area contributed by atoms with Crippen molar-refractivity contribution in [2.24, 2.45) is 0 Å². The molecule has 0 radical (unpaired) electrons. The second-order valence-corrected chi connectivity index (χ2v) is 6.83. The van der Waals surface area contributed by atoms with E-state index in [9.17, 15) is 9.59 Å². The summed E-state index contributed by atoms with van der Waals surface area (Å²) in [7, 11) is 2.92. The standard InChI is InChI=1S/C25H20N2O5/c1-30-19-7-5-6-17(14-19)22-15-26-24(32-22)21-9-4-3-8-20(21)23(28)27-18-12-10-16(11-13-18)25(29)31-2/h3-15H,1-2H3,(H,27,28). The second kappa shape index (κ2) is 9.18. The van der Waals surface area contributed by atoms with Crippen molar-refractivity contribution < 1.29 is 23.5 Å². The lowest BCUT2D eigenvalue weighted by Crippen LogP contribution is -2.13. The quantitative estimate of drug-likeness (QED) is 0.432. The predicted octanol–water partition coefficient (Wildman–Crippen LogP) is 5.06. The van der Waals surface area contributed by atoms with Gasteiger partial charge in [0, 0.05) is 16.8 Å². The van der Waals surface area contributed by atoms with Crippen LogP contribution in [0.5, 0.6) is 5.75 Å². The van der Waals surface area contributed by atoms with E-state index in [2.05, 4.69) is 15.0 Å². The maximum Gasteiger partial charge on any atom is 0.337 e. The first-order chi connectivity index (χ1) is 15.6. The summed E-state index contributed by atoms with van der Waals surface area (Å²) in [5, 5.41) is 2.83. The van der Waals surface area contributed by atoms with Crippen LogP contribution in [-0.2, 0) is 4.74 Å². The average Bonchev–Trinajstić information content (AvgIpc) is 3.34. The van der Waals surface area contributed by atoms with Crippen LogP contribution < -0.4 is 10.1 Å². The Labute approximate surface area is 184 Å². The molecule has 1 N–H and O–H groups in total. The number of nitrogens with zero attached hydrogens (tertiary/aromatic N) is 1. The molecule has 4 aromatic rings. The first-order valence-electron chi connectivity index (χ1n) is 9.78. The summed E-state index contributed by atoms with van der Waals surface area (Å²) in [5.41, 5.74) is 2.72. The van der Waals surface area contributed by atoms with Crippen LogP contribution in [0.2, 0.25) is 0 Å². The van der Waals surface area contributed by atoms with E-state index in [-0.39, 0.29) is 5.91 Å². The molecule has 7 nitrogen and oxygen atoms in total. The average molecular weight is 428 g/mol. The van der Waals surface area contributed by atoms with Crippen LogP contribution in [0.25, 0.3) is 22.8 Å². The molecule has 0 bridgehead atoms. The summed E-state index contributed by atoms with van der Waals surface area (Å²) in [5.74, 6) is 0.831. The van der Waals surface area contributed by atoms with Crippen molar-refractivity contribution in [1.82, 2.24) is 4.98 Å². The molecule has 0 saturated carbocycles. The Bertz CT molecular complexity index is 1260. The van der Waals surface area contributed by atoms with Crippen molar-refractivity contribution in [3.05, 3.63) is 90.1 Å². The van der Waals surface area contributed by atoms with Crippen molar-refractivity contribution in [3.8, 4) is 28.5 Å². The third-order valence-electron chi connectivity index (χ3n) is 4.83. The fourth-order valence-corrected chi connectivity index (χ4v) is 3.18. The Balaban J connectivity index is 1.58. The monoisotopic (exact) mass is 428 g/mol. The summed E-state index contributed by atoms with van der Waals surface area (Å²) in [6.07, 6.45) is 1.62. The lowest BCUT2D eigenvalue weighted by molar-refractivity contribution is 0.0600. The number of rotatable bonds is 6. The number of benzene rings is 3. The van der Waals surface area contributed by atoms with E-state index >= 15 is 0 Å². The third kappa shape index (κ3) is 4.37. The van der Waals surface area contributed by atoms with Gasteiger partial charge in [-0.1, -0.05) is 24.3 Å². The number of methoxy groups -OCH3 is 2. The molecule has 0 atom stereocenters. The molecule has 7 heteroatoms. The van der Waals surface area contributed by atoms with Crippen molar-refractivity contribution in [3.63, 3.8) is 0 Å². The highest BCUT2D eigenvalue weighted by molar-refractivity contribution is 6.08. The second-order valence-electron chi connectivity index (χ2n) is 6.83. The van der Waals surface area contributed by atoms with Gasteiger partial charge >= 0.3 is 5.97 Å². The molecule has 0 aliphatic rings. The Morgan fingerprint density at radius 1 is 0.938 bits per heavy atom. The number of aromatic nitrogens is 1. The largest absolute Gasteiger partial charge is 0.497 e. The van der Waals surface area contributed by atoms with Gasteiger partial charge < -0.3 is 19.2 Å². The first-order valence-corrected chi connectivity index (χ1v) is 9.78. The van der Waals surface area contributed by atoms with Crippen LogP contribution in [0.1, 0.15) is 20.7 Å². The normalized spacial score (nSPS) is 10.4. The highest BCUT2D eigenvalue weighted by Crippen LogP contribution is 2.30. The zero-order chi connectivity index (χ0) is 22.5. The van der Waals surface area contributed by atoms with Crippen LogP contribution in [0, 0.1) is 0 Å². The smallest absolute Gasteiger partial charge is 0.337 e. The van der Waals surface area contributed by atoms with Crippen molar-refractivity contribution >= 4 is 17.6 Å². The maximum absolute atomic E-state index is 13.0. The molecule has 0 aliphatic carbocycles. The van der Waals surface area contributed by atoms with Gasteiger partial charge in [0.1, 0.15) is 5.75 Å². The molecule has 0 spiro atoms. The Kier molecular flexibility index (Phi) is 5.98. The molecule has 0 saturated heterocycles. The number of oxazole rings is 1. The van der Waals surface area contributed by atoms with Gasteiger partial charge in [-0.3, -0.25) is 4.79 Å². The van der Waals surface area contributed by atoms with Crippen LogP contribution in [0.4, 0.5) is 5.69 Å². The number of carbonyl (C=O) groups excluding carboxylic acids is 2. The molecule has 1 amide bonds. The summed E-state index contributed by atoms with van der Waals surface area (Å²) in [4.78, 5) is 28.9. The number of carbonyl (C=O) groups is 2. The molecule has 1 aromatic heterocycles. The number of hydrogen-bond acceptors (Lipinski definition) is 6. The van der Waals surface area contributed by atoms with Crippen molar-refractivity contribution in [2.45, 2.75) is 0 Å². The molecule has 0 aliphatic heterocycles. The molecule has 4 rings (SSSR count). The van der Waals surface area contributed by atoms with E-state index in [0.29, 0.717) is 39.8 Å². The SMILES string of the molecule is COC(=O)c1ccc(NC(=O)c2ccccc2-c2ncc(-c3cccc(OC)c3)o2)cc1. The van der Waals surface area contributed by atoms with Crippen LogP contribution in [-0.4, -0.2) is 31.1 Å². The Hall–Kier alpha value is -4.39. The fraction of sp³-hybridized carbons (Fsp3) is 0.0800. The van der Waals surface area contributed by atoms with Gasteiger partial charge in [-0.2, -0.15) is 0 Å². The van der Waals surface area contributed by atoms with E-state index in [1.165, 1.54) is 7.11 Å². The molecule has 32 heavy (non-hydrogen) atoms. The van der Waals surface area contributed by atoms with E-state index in [4.69, 9.17) is 9.15 Å². The summed E-state index contributed by atoms with van der Waals surface area (Å²) in [6, 6.07) is 20.9. The minimum Gasteiger partial charge on any atom is -0.497 e. The van der Waals surface area contributed by atoms with Crippen molar-refractivity contribution in [1.29, 1.82) is 0 Å². The van der Waals surface area contributed by atoms with E-state index < -0.39 is 5.97 Å².